The molecule has 3 rings (SSSR count). The zero-order valence-electron chi connectivity index (χ0n) is 14.1. The molecule has 1 aliphatic heterocycles. The first-order chi connectivity index (χ1) is 11.9. The monoisotopic (exact) mass is 364 g/mol. The fourth-order valence-corrected chi connectivity index (χ4v) is 4.12. The second-order valence-electron chi connectivity index (χ2n) is 6.18. The van der Waals surface area contributed by atoms with Crippen molar-refractivity contribution in [2.24, 2.45) is 0 Å². The Morgan fingerprint density at radius 3 is 2.40 bits per heavy atom. The van der Waals surface area contributed by atoms with Crippen LogP contribution in [-0.4, -0.2) is 48.0 Å². The van der Waals surface area contributed by atoms with Crippen molar-refractivity contribution in [1.29, 1.82) is 0 Å². The van der Waals surface area contributed by atoms with E-state index in [1.807, 2.05) is 13.8 Å². The molecule has 0 aliphatic carbocycles. The van der Waals surface area contributed by atoms with Crippen molar-refractivity contribution < 1.29 is 17.6 Å². The van der Waals surface area contributed by atoms with Gasteiger partial charge in [0.2, 0.25) is 15.9 Å². The Morgan fingerprint density at radius 1 is 1.16 bits per heavy atom. The van der Waals surface area contributed by atoms with E-state index in [-0.39, 0.29) is 22.7 Å². The molecule has 1 aliphatic rings. The lowest BCUT2D eigenvalue weighted by molar-refractivity contribution is 0.0908. The highest BCUT2D eigenvalue weighted by Crippen LogP contribution is 2.24. The van der Waals surface area contributed by atoms with Gasteiger partial charge in [0.05, 0.1) is 4.90 Å². The summed E-state index contributed by atoms with van der Waals surface area (Å²) in [7, 11) is -3.46. The van der Waals surface area contributed by atoms with Gasteiger partial charge >= 0.3 is 11.8 Å². The van der Waals surface area contributed by atoms with Crippen molar-refractivity contribution in [2.75, 3.05) is 13.1 Å². The van der Waals surface area contributed by atoms with Crippen molar-refractivity contribution in [3.63, 3.8) is 0 Å². The summed E-state index contributed by atoms with van der Waals surface area (Å²) in [5, 5.41) is 10.2. The fourth-order valence-electron chi connectivity index (χ4n) is 2.60. The number of carbonyl (C=O) groups excluding carboxylic acids is 1. The molecule has 1 amide bonds. The van der Waals surface area contributed by atoms with E-state index < -0.39 is 15.9 Å². The van der Waals surface area contributed by atoms with Crippen molar-refractivity contribution in [3.8, 4) is 11.5 Å². The van der Waals surface area contributed by atoms with Gasteiger partial charge in [-0.15, -0.1) is 10.2 Å². The molecule has 134 valence electrons. The number of amides is 1. The average molecular weight is 364 g/mol. The molecular formula is C16H20N4O4S. The highest BCUT2D eigenvalue weighted by atomic mass is 32.2. The number of hydrogen-bond acceptors (Lipinski definition) is 6. The fraction of sp³-hybridized carbons (Fsp3) is 0.438. The molecule has 0 bridgehead atoms. The van der Waals surface area contributed by atoms with Gasteiger partial charge in [0, 0.05) is 24.7 Å². The molecule has 1 fully saturated rings. The van der Waals surface area contributed by atoms with E-state index in [0.29, 0.717) is 18.7 Å². The summed E-state index contributed by atoms with van der Waals surface area (Å²) < 4.78 is 31.9. The summed E-state index contributed by atoms with van der Waals surface area (Å²) in [5.74, 6) is -0.404. The third kappa shape index (κ3) is 3.72. The van der Waals surface area contributed by atoms with E-state index in [1.54, 1.807) is 12.1 Å². The molecule has 0 radical (unpaired) electrons. The van der Waals surface area contributed by atoms with Crippen LogP contribution in [0.15, 0.2) is 33.6 Å². The smallest absolute Gasteiger partial charge is 0.309 e. The third-order valence-corrected chi connectivity index (χ3v) is 5.76. The number of rotatable bonds is 5. The first-order valence-corrected chi connectivity index (χ1v) is 9.57. The molecule has 8 nitrogen and oxygen atoms in total. The van der Waals surface area contributed by atoms with Gasteiger partial charge in [-0.25, -0.2) is 8.42 Å². The zero-order valence-corrected chi connectivity index (χ0v) is 14.9. The largest absolute Gasteiger partial charge is 0.412 e. The number of hydrogen-bond donors (Lipinski definition) is 1. The van der Waals surface area contributed by atoms with Crippen molar-refractivity contribution in [3.05, 3.63) is 30.2 Å². The van der Waals surface area contributed by atoms with Crippen LogP contribution in [0.3, 0.4) is 0 Å². The summed E-state index contributed by atoms with van der Waals surface area (Å²) >= 11 is 0. The molecule has 2 aromatic rings. The molecular weight excluding hydrogens is 344 g/mol. The predicted octanol–water partition coefficient (Wildman–Crippen LogP) is 1.66. The van der Waals surface area contributed by atoms with Gasteiger partial charge < -0.3 is 9.73 Å². The average Bonchev–Trinajstić information content (AvgIpc) is 3.26. The van der Waals surface area contributed by atoms with Crippen LogP contribution in [0.1, 0.15) is 37.4 Å². The predicted molar refractivity (Wildman–Crippen MR) is 90.3 cm³/mol. The number of nitrogens with one attached hydrogen (secondary N) is 1. The summed E-state index contributed by atoms with van der Waals surface area (Å²) in [6.07, 6.45) is 1.78. The minimum absolute atomic E-state index is 0.0436. The number of carbonyl (C=O) groups is 1. The van der Waals surface area contributed by atoms with Crippen LogP contribution < -0.4 is 5.32 Å². The molecule has 0 atom stereocenters. The minimum atomic E-state index is -3.46. The van der Waals surface area contributed by atoms with Crippen LogP contribution in [0.2, 0.25) is 0 Å². The van der Waals surface area contributed by atoms with E-state index in [0.717, 1.165) is 12.8 Å². The maximum atomic E-state index is 12.5. The summed E-state index contributed by atoms with van der Waals surface area (Å²) in [4.78, 5) is 12.1. The topological polar surface area (TPSA) is 105 Å². The van der Waals surface area contributed by atoms with E-state index >= 15 is 0 Å². The van der Waals surface area contributed by atoms with Crippen LogP contribution in [0.4, 0.5) is 0 Å². The van der Waals surface area contributed by atoms with Crippen LogP contribution in [0.25, 0.3) is 11.5 Å². The lowest BCUT2D eigenvalue weighted by Crippen LogP contribution is -2.30. The molecule has 1 aromatic heterocycles. The van der Waals surface area contributed by atoms with Gasteiger partial charge in [-0.2, -0.15) is 4.31 Å². The lowest BCUT2D eigenvalue weighted by atomic mass is 10.2. The molecule has 0 saturated carbocycles. The summed E-state index contributed by atoms with van der Waals surface area (Å²) in [6.45, 7) is 4.77. The van der Waals surface area contributed by atoms with E-state index in [2.05, 4.69) is 15.5 Å². The molecule has 0 spiro atoms. The van der Waals surface area contributed by atoms with Crippen molar-refractivity contribution >= 4 is 15.9 Å². The highest BCUT2D eigenvalue weighted by molar-refractivity contribution is 7.89. The van der Waals surface area contributed by atoms with Gasteiger partial charge in [0.15, 0.2) is 0 Å². The van der Waals surface area contributed by atoms with Crippen LogP contribution in [-0.2, 0) is 10.0 Å². The summed E-state index contributed by atoms with van der Waals surface area (Å²) in [5.41, 5.74) is 0.552. The van der Waals surface area contributed by atoms with Gasteiger partial charge in [-0.1, -0.05) is 0 Å². The lowest BCUT2D eigenvalue weighted by Gasteiger charge is -2.15. The third-order valence-electron chi connectivity index (χ3n) is 3.84. The van der Waals surface area contributed by atoms with Crippen LogP contribution in [0, 0.1) is 0 Å². The molecule has 1 aromatic carbocycles. The normalized spacial score (nSPS) is 15.6. The Bertz CT molecular complexity index is 853. The van der Waals surface area contributed by atoms with Crippen molar-refractivity contribution in [1.82, 2.24) is 19.8 Å². The van der Waals surface area contributed by atoms with Gasteiger partial charge in [-0.05, 0) is 51.0 Å². The Hall–Kier alpha value is -2.26. The molecule has 0 unspecified atom stereocenters. The number of sulfonamides is 1. The number of aromatic nitrogens is 2. The van der Waals surface area contributed by atoms with E-state index in [1.165, 1.54) is 16.4 Å². The van der Waals surface area contributed by atoms with Gasteiger partial charge in [0.1, 0.15) is 0 Å². The standard InChI is InChI=1S/C16H20N4O4S/c1-11(2)17-14(21)16-19-18-15(24-16)12-5-7-13(8-6-12)25(22,23)20-9-3-4-10-20/h5-8,11H,3-4,9-10H2,1-2H3,(H,17,21). The van der Waals surface area contributed by atoms with Crippen LogP contribution in [0.5, 0.6) is 0 Å². The first-order valence-electron chi connectivity index (χ1n) is 8.13. The van der Waals surface area contributed by atoms with Gasteiger partial charge in [0.25, 0.3) is 0 Å². The summed E-state index contributed by atoms with van der Waals surface area (Å²) in [6, 6.07) is 6.18. The Labute approximate surface area is 146 Å². The highest BCUT2D eigenvalue weighted by Gasteiger charge is 2.27. The van der Waals surface area contributed by atoms with E-state index in [4.69, 9.17) is 4.42 Å². The molecule has 1 saturated heterocycles. The van der Waals surface area contributed by atoms with Crippen molar-refractivity contribution in [2.45, 2.75) is 37.6 Å². The Morgan fingerprint density at radius 2 is 1.80 bits per heavy atom. The maximum absolute atomic E-state index is 12.5. The molecule has 9 heteroatoms. The second-order valence-corrected chi connectivity index (χ2v) is 8.11. The second kappa shape index (κ2) is 6.93. The maximum Gasteiger partial charge on any atom is 0.309 e. The first kappa shape index (κ1) is 17.6. The van der Waals surface area contributed by atoms with Crippen LogP contribution >= 0.6 is 0 Å². The molecule has 25 heavy (non-hydrogen) atoms. The Balaban J connectivity index is 1.79. The quantitative estimate of drug-likeness (QED) is 0.865. The minimum Gasteiger partial charge on any atom is -0.412 e. The number of nitrogens with zero attached hydrogens (tertiary/aromatic N) is 3. The molecule has 1 N–H and O–H groups in total. The van der Waals surface area contributed by atoms with E-state index in [9.17, 15) is 13.2 Å². The van der Waals surface area contributed by atoms with Gasteiger partial charge in [-0.3, -0.25) is 4.79 Å². The Kier molecular flexibility index (Phi) is 4.87. The number of benzene rings is 1. The molecule has 2 heterocycles. The zero-order chi connectivity index (χ0) is 18.0. The SMILES string of the molecule is CC(C)NC(=O)c1nnc(-c2ccc(S(=O)(=O)N3CCCC3)cc2)o1.